The summed E-state index contributed by atoms with van der Waals surface area (Å²) in [6.07, 6.45) is 0. The van der Waals surface area contributed by atoms with Crippen molar-refractivity contribution in [3.8, 4) is 11.5 Å². The fraction of sp³-hybridized carbons (Fsp3) is 0.300. The summed E-state index contributed by atoms with van der Waals surface area (Å²) >= 11 is 0. The van der Waals surface area contributed by atoms with Crippen LogP contribution in [-0.2, 0) is 4.79 Å². The molecule has 0 aliphatic heterocycles. The third kappa shape index (κ3) is 4.75. The van der Waals surface area contributed by atoms with Crippen LogP contribution >= 0.6 is 0 Å². The zero-order valence-electron chi connectivity index (χ0n) is 15.3. The van der Waals surface area contributed by atoms with Gasteiger partial charge >= 0.3 is 0 Å². The predicted octanol–water partition coefficient (Wildman–Crippen LogP) is 3.20. The molecule has 26 heavy (non-hydrogen) atoms. The molecule has 2 N–H and O–H groups in total. The van der Waals surface area contributed by atoms with E-state index in [9.17, 15) is 14.7 Å². The third-order valence-electron chi connectivity index (χ3n) is 4.05. The van der Waals surface area contributed by atoms with Crippen LogP contribution in [0.15, 0.2) is 42.5 Å². The van der Waals surface area contributed by atoms with E-state index in [0.717, 1.165) is 0 Å². The zero-order chi connectivity index (χ0) is 19.1. The van der Waals surface area contributed by atoms with Crippen molar-refractivity contribution in [2.45, 2.75) is 20.8 Å². The molecule has 0 aromatic heterocycles. The van der Waals surface area contributed by atoms with Crippen LogP contribution in [0.2, 0.25) is 0 Å². The Labute approximate surface area is 153 Å². The highest BCUT2D eigenvalue weighted by Crippen LogP contribution is 2.23. The van der Waals surface area contributed by atoms with Crippen LogP contribution in [-0.4, -0.2) is 41.5 Å². The number of phenolic OH excluding ortho intramolecular Hbond substituents is 1. The minimum absolute atomic E-state index is 0.0396. The molecule has 0 atom stereocenters. The average Bonchev–Trinajstić information content (AvgIpc) is 2.63. The maximum atomic E-state index is 12.4. The van der Waals surface area contributed by atoms with Crippen molar-refractivity contribution in [1.29, 1.82) is 0 Å². The highest BCUT2D eigenvalue weighted by atomic mass is 16.5. The molecule has 0 fully saturated rings. The SMILES string of the molecule is CCN(CC)C(=O)COc1cccc(NC(=O)c2cccc(C)c2O)c1. The normalized spacial score (nSPS) is 10.3. The van der Waals surface area contributed by atoms with Crippen molar-refractivity contribution >= 4 is 17.5 Å². The van der Waals surface area contributed by atoms with Crippen molar-refractivity contribution in [1.82, 2.24) is 4.90 Å². The first-order valence-corrected chi connectivity index (χ1v) is 8.56. The van der Waals surface area contributed by atoms with Crippen LogP contribution in [0, 0.1) is 6.92 Å². The van der Waals surface area contributed by atoms with Gasteiger partial charge in [-0.25, -0.2) is 0 Å². The summed E-state index contributed by atoms with van der Waals surface area (Å²) in [5, 5.41) is 12.7. The van der Waals surface area contributed by atoms with E-state index < -0.39 is 5.91 Å². The molecule has 0 aliphatic rings. The zero-order valence-corrected chi connectivity index (χ0v) is 15.3. The molecular formula is C20H24N2O4. The van der Waals surface area contributed by atoms with E-state index in [2.05, 4.69) is 5.32 Å². The standard InChI is InChI=1S/C20H24N2O4/c1-4-22(5-2)18(23)13-26-16-10-7-9-15(12-16)21-20(25)17-11-6-8-14(3)19(17)24/h6-12,24H,4-5,13H2,1-3H3,(H,21,25). The topological polar surface area (TPSA) is 78.9 Å². The Balaban J connectivity index is 2.04. The fourth-order valence-corrected chi connectivity index (χ4v) is 2.52. The number of ether oxygens (including phenoxy) is 1. The smallest absolute Gasteiger partial charge is 0.260 e. The molecule has 2 aromatic carbocycles. The summed E-state index contributed by atoms with van der Waals surface area (Å²) in [7, 11) is 0. The summed E-state index contributed by atoms with van der Waals surface area (Å²) in [6.45, 7) is 6.77. The van der Waals surface area contributed by atoms with Gasteiger partial charge in [-0.2, -0.15) is 0 Å². The Morgan fingerprint density at radius 2 is 1.81 bits per heavy atom. The average molecular weight is 356 g/mol. The highest BCUT2D eigenvalue weighted by Gasteiger charge is 2.14. The van der Waals surface area contributed by atoms with E-state index in [1.165, 1.54) is 0 Å². The molecule has 0 radical (unpaired) electrons. The number of benzene rings is 2. The van der Waals surface area contributed by atoms with Gasteiger partial charge in [0.1, 0.15) is 11.5 Å². The number of phenols is 1. The lowest BCUT2D eigenvalue weighted by atomic mass is 10.1. The molecule has 6 nitrogen and oxygen atoms in total. The number of nitrogens with one attached hydrogen (secondary N) is 1. The second-order valence-electron chi connectivity index (χ2n) is 5.81. The van der Waals surface area contributed by atoms with Crippen molar-refractivity contribution in [3.05, 3.63) is 53.6 Å². The van der Waals surface area contributed by atoms with Gasteiger partial charge < -0.3 is 20.1 Å². The van der Waals surface area contributed by atoms with E-state index in [0.29, 0.717) is 30.1 Å². The number of hydrogen-bond acceptors (Lipinski definition) is 4. The van der Waals surface area contributed by atoms with E-state index in [1.807, 2.05) is 13.8 Å². The Hall–Kier alpha value is -3.02. The molecule has 2 amide bonds. The predicted molar refractivity (Wildman–Crippen MR) is 101 cm³/mol. The number of aryl methyl sites for hydroxylation is 1. The summed E-state index contributed by atoms with van der Waals surface area (Å²) in [5.74, 6) is -0.0596. The first-order chi connectivity index (χ1) is 12.5. The molecule has 0 saturated heterocycles. The second-order valence-corrected chi connectivity index (χ2v) is 5.81. The molecule has 2 aromatic rings. The molecule has 2 rings (SSSR count). The summed E-state index contributed by atoms with van der Waals surface area (Å²) in [4.78, 5) is 26.0. The molecule has 0 aliphatic carbocycles. The lowest BCUT2D eigenvalue weighted by Crippen LogP contribution is -2.34. The summed E-state index contributed by atoms with van der Waals surface area (Å²) in [6, 6.07) is 11.8. The number of anilines is 1. The van der Waals surface area contributed by atoms with Crippen LogP contribution in [0.3, 0.4) is 0 Å². The number of para-hydroxylation sites is 1. The maximum Gasteiger partial charge on any atom is 0.260 e. The van der Waals surface area contributed by atoms with Gasteiger partial charge in [0, 0.05) is 24.8 Å². The largest absolute Gasteiger partial charge is 0.507 e. The Morgan fingerprint density at radius 3 is 2.50 bits per heavy atom. The van der Waals surface area contributed by atoms with Crippen LogP contribution < -0.4 is 10.1 Å². The van der Waals surface area contributed by atoms with Crippen molar-refractivity contribution in [2.24, 2.45) is 0 Å². The minimum Gasteiger partial charge on any atom is -0.507 e. The highest BCUT2D eigenvalue weighted by molar-refractivity contribution is 6.06. The number of rotatable bonds is 7. The van der Waals surface area contributed by atoms with Crippen molar-refractivity contribution in [3.63, 3.8) is 0 Å². The van der Waals surface area contributed by atoms with Gasteiger partial charge in [0.2, 0.25) is 0 Å². The Bertz CT molecular complexity index is 785. The molecule has 0 saturated carbocycles. The van der Waals surface area contributed by atoms with Gasteiger partial charge in [-0.3, -0.25) is 9.59 Å². The molecule has 0 unspecified atom stereocenters. The molecule has 6 heteroatoms. The first-order valence-electron chi connectivity index (χ1n) is 8.56. The number of carbonyl (C=O) groups excluding carboxylic acids is 2. The first kappa shape index (κ1) is 19.3. The summed E-state index contributed by atoms with van der Waals surface area (Å²) in [5.41, 5.74) is 1.35. The molecule has 0 spiro atoms. The van der Waals surface area contributed by atoms with Crippen LogP contribution in [0.4, 0.5) is 5.69 Å². The van der Waals surface area contributed by atoms with Gasteiger partial charge in [0.05, 0.1) is 5.56 Å². The van der Waals surface area contributed by atoms with E-state index in [4.69, 9.17) is 4.74 Å². The van der Waals surface area contributed by atoms with E-state index in [-0.39, 0.29) is 23.8 Å². The lowest BCUT2D eigenvalue weighted by Gasteiger charge is -2.18. The number of carbonyl (C=O) groups is 2. The van der Waals surface area contributed by atoms with Crippen LogP contribution in [0.25, 0.3) is 0 Å². The molecule has 0 bridgehead atoms. The maximum absolute atomic E-state index is 12.4. The Kier molecular flexibility index (Phi) is 6.60. The van der Waals surface area contributed by atoms with Crippen molar-refractivity contribution in [2.75, 3.05) is 25.0 Å². The second kappa shape index (κ2) is 8.89. The summed E-state index contributed by atoms with van der Waals surface area (Å²) < 4.78 is 5.53. The molecule has 138 valence electrons. The molecular weight excluding hydrogens is 332 g/mol. The number of aromatic hydroxyl groups is 1. The van der Waals surface area contributed by atoms with Gasteiger partial charge in [-0.15, -0.1) is 0 Å². The number of hydrogen-bond donors (Lipinski definition) is 2. The quantitative estimate of drug-likeness (QED) is 0.798. The number of nitrogens with zero attached hydrogens (tertiary/aromatic N) is 1. The van der Waals surface area contributed by atoms with Gasteiger partial charge in [0.25, 0.3) is 11.8 Å². The van der Waals surface area contributed by atoms with Crippen molar-refractivity contribution < 1.29 is 19.4 Å². The lowest BCUT2D eigenvalue weighted by molar-refractivity contribution is -0.132. The monoisotopic (exact) mass is 356 g/mol. The number of likely N-dealkylation sites (N-methyl/N-ethyl adjacent to an activating group) is 1. The Morgan fingerprint density at radius 1 is 1.12 bits per heavy atom. The van der Waals surface area contributed by atoms with E-state index >= 15 is 0 Å². The molecule has 0 heterocycles. The van der Waals surface area contributed by atoms with Gasteiger partial charge in [-0.1, -0.05) is 18.2 Å². The van der Waals surface area contributed by atoms with E-state index in [1.54, 1.807) is 54.3 Å². The van der Waals surface area contributed by atoms with Crippen LogP contribution in [0.1, 0.15) is 29.8 Å². The number of amides is 2. The van der Waals surface area contributed by atoms with Gasteiger partial charge in [-0.05, 0) is 44.5 Å². The van der Waals surface area contributed by atoms with Crippen LogP contribution in [0.5, 0.6) is 11.5 Å². The van der Waals surface area contributed by atoms with Gasteiger partial charge in [0.15, 0.2) is 6.61 Å². The minimum atomic E-state index is -0.414. The third-order valence-corrected chi connectivity index (χ3v) is 4.05. The fourth-order valence-electron chi connectivity index (χ4n) is 2.52.